The number of anilines is 2. The Balaban J connectivity index is 2.06. The molecule has 1 aromatic carbocycles. The number of halogens is 1. The van der Waals surface area contributed by atoms with Crippen molar-refractivity contribution in [1.82, 2.24) is 4.98 Å². The highest BCUT2D eigenvalue weighted by Crippen LogP contribution is 2.20. The maximum atomic E-state index is 13.3. The summed E-state index contributed by atoms with van der Waals surface area (Å²) in [4.78, 5) is 27.9. The van der Waals surface area contributed by atoms with Crippen LogP contribution < -0.4 is 5.32 Å². The maximum Gasteiger partial charge on any atom is 0.344 e. The zero-order valence-corrected chi connectivity index (χ0v) is 14.2. The van der Waals surface area contributed by atoms with Crippen LogP contribution in [-0.4, -0.2) is 29.1 Å². The van der Waals surface area contributed by atoms with Gasteiger partial charge >= 0.3 is 11.9 Å². The van der Waals surface area contributed by atoms with E-state index in [4.69, 9.17) is 9.47 Å². The highest BCUT2D eigenvalue weighted by Gasteiger charge is 2.20. The van der Waals surface area contributed by atoms with Crippen molar-refractivity contribution < 1.29 is 23.5 Å². The predicted molar refractivity (Wildman–Crippen MR) is 90.0 cm³/mol. The Bertz CT molecular complexity index is 772. The van der Waals surface area contributed by atoms with Gasteiger partial charge in [-0.3, -0.25) is 0 Å². The predicted octanol–water partition coefficient (Wildman–Crippen LogP) is 3.46. The summed E-state index contributed by atoms with van der Waals surface area (Å²) in [5.41, 5.74) is -0.114. The minimum absolute atomic E-state index is 0.121. The number of hydrogen-bond donors (Lipinski definition) is 1. The monoisotopic (exact) mass is 346 g/mol. The van der Waals surface area contributed by atoms with Gasteiger partial charge in [0.1, 0.15) is 22.8 Å². The topological polar surface area (TPSA) is 77.5 Å². The number of nitrogens with one attached hydrogen (secondary N) is 1. The second-order valence-electron chi connectivity index (χ2n) is 6.20. The van der Waals surface area contributed by atoms with E-state index in [1.165, 1.54) is 30.5 Å². The lowest BCUT2D eigenvalue weighted by Gasteiger charge is -2.19. The molecular weight excluding hydrogens is 327 g/mol. The van der Waals surface area contributed by atoms with E-state index >= 15 is 0 Å². The van der Waals surface area contributed by atoms with Gasteiger partial charge in [-0.1, -0.05) is 6.07 Å². The van der Waals surface area contributed by atoms with Gasteiger partial charge in [0.05, 0.1) is 0 Å². The number of carbonyl (C=O) groups excluding carboxylic acids is 2. The summed E-state index contributed by atoms with van der Waals surface area (Å²) in [6.45, 7) is 4.64. The lowest BCUT2D eigenvalue weighted by atomic mass is 10.2. The van der Waals surface area contributed by atoms with Gasteiger partial charge in [0.25, 0.3) is 0 Å². The molecule has 7 heteroatoms. The van der Waals surface area contributed by atoms with Crippen molar-refractivity contribution in [3.05, 3.63) is 54.0 Å². The lowest BCUT2D eigenvalue weighted by molar-refractivity contribution is -0.158. The third-order valence-corrected chi connectivity index (χ3v) is 2.86. The van der Waals surface area contributed by atoms with Gasteiger partial charge in [0, 0.05) is 11.9 Å². The molecule has 0 bridgehead atoms. The van der Waals surface area contributed by atoms with E-state index < -0.39 is 30.0 Å². The van der Waals surface area contributed by atoms with E-state index in [1.54, 1.807) is 32.9 Å². The number of aromatic nitrogens is 1. The molecule has 0 fully saturated rings. The molecule has 0 spiro atoms. The Labute approximate surface area is 145 Å². The normalized spacial score (nSPS) is 10.9. The van der Waals surface area contributed by atoms with Gasteiger partial charge in [0.2, 0.25) is 0 Å². The van der Waals surface area contributed by atoms with Crippen LogP contribution in [0.15, 0.2) is 42.6 Å². The molecule has 0 saturated carbocycles. The van der Waals surface area contributed by atoms with Gasteiger partial charge in [-0.25, -0.2) is 19.0 Å². The van der Waals surface area contributed by atoms with E-state index in [0.717, 1.165) is 0 Å². The number of benzene rings is 1. The summed E-state index contributed by atoms with van der Waals surface area (Å²) in [6, 6.07) is 8.78. The number of nitrogens with zero attached hydrogens (tertiary/aromatic N) is 1. The second-order valence-corrected chi connectivity index (χ2v) is 6.20. The van der Waals surface area contributed by atoms with Crippen LogP contribution in [0.4, 0.5) is 15.9 Å². The Kier molecular flexibility index (Phi) is 5.69. The van der Waals surface area contributed by atoms with Crippen molar-refractivity contribution in [2.45, 2.75) is 26.4 Å². The van der Waals surface area contributed by atoms with Crippen molar-refractivity contribution in [1.29, 1.82) is 0 Å². The molecule has 0 aliphatic carbocycles. The van der Waals surface area contributed by atoms with Crippen LogP contribution in [0.25, 0.3) is 0 Å². The van der Waals surface area contributed by atoms with Crippen LogP contribution in [0.2, 0.25) is 0 Å². The van der Waals surface area contributed by atoms with Gasteiger partial charge in [-0.05, 0) is 51.1 Å². The van der Waals surface area contributed by atoms with Crippen LogP contribution in [0.3, 0.4) is 0 Å². The third-order valence-electron chi connectivity index (χ3n) is 2.86. The number of esters is 2. The summed E-state index contributed by atoms with van der Waals surface area (Å²) < 4.78 is 23.3. The number of ether oxygens (including phenoxy) is 2. The van der Waals surface area contributed by atoms with Gasteiger partial charge in [-0.15, -0.1) is 0 Å². The molecule has 1 N–H and O–H groups in total. The smallest absolute Gasteiger partial charge is 0.344 e. The molecule has 0 saturated heterocycles. The van der Waals surface area contributed by atoms with E-state index in [9.17, 15) is 14.0 Å². The minimum Gasteiger partial charge on any atom is -0.457 e. The van der Waals surface area contributed by atoms with Crippen molar-refractivity contribution in [2.24, 2.45) is 0 Å². The number of pyridine rings is 1. The molecule has 0 aliphatic rings. The summed E-state index contributed by atoms with van der Waals surface area (Å²) in [7, 11) is 0. The third kappa shape index (κ3) is 5.87. The minimum atomic E-state index is -0.738. The fourth-order valence-electron chi connectivity index (χ4n) is 1.95. The average Bonchev–Trinajstić information content (AvgIpc) is 2.51. The van der Waals surface area contributed by atoms with Crippen LogP contribution in [0, 0.1) is 5.82 Å². The van der Waals surface area contributed by atoms with Gasteiger partial charge < -0.3 is 14.8 Å². The standard InChI is InChI=1S/C18H19FN2O4/c1-18(2,3)25-15(22)11-24-17(23)14-8-5-9-20-16(14)21-13-7-4-6-12(19)10-13/h4-10H,11H2,1-3H3,(H,20,21). The Morgan fingerprint density at radius 3 is 2.64 bits per heavy atom. The van der Waals surface area contributed by atoms with Gasteiger partial charge in [0.15, 0.2) is 6.61 Å². The van der Waals surface area contributed by atoms with E-state index in [-0.39, 0.29) is 11.4 Å². The molecule has 0 amide bonds. The summed E-state index contributed by atoms with van der Waals surface area (Å²) in [5.74, 6) is -1.61. The van der Waals surface area contributed by atoms with Gasteiger partial charge in [-0.2, -0.15) is 0 Å². The summed E-state index contributed by atoms with van der Waals surface area (Å²) in [5, 5.41) is 2.85. The van der Waals surface area contributed by atoms with E-state index in [2.05, 4.69) is 10.3 Å². The first-order chi connectivity index (χ1) is 11.7. The number of rotatable bonds is 5. The largest absolute Gasteiger partial charge is 0.457 e. The van der Waals surface area contributed by atoms with Crippen molar-refractivity contribution in [2.75, 3.05) is 11.9 Å². The number of hydrogen-bond acceptors (Lipinski definition) is 6. The van der Waals surface area contributed by atoms with Crippen molar-refractivity contribution in [3.63, 3.8) is 0 Å². The molecule has 6 nitrogen and oxygen atoms in total. The molecule has 132 valence electrons. The Morgan fingerprint density at radius 1 is 1.20 bits per heavy atom. The summed E-state index contributed by atoms with van der Waals surface area (Å²) >= 11 is 0. The Morgan fingerprint density at radius 2 is 1.96 bits per heavy atom. The molecule has 25 heavy (non-hydrogen) atoms. The maximum absolute atomic E-state index is 13.3. The van der Waals surface area contributed by atoms with Crippen molar-refractivity contribution in [3.8, 4) is 0 Å². The Hall–Kier alpha value is -2.96. The molecule has 1 aromatic heterocycles. The van der Waals surface area contributed by atoms with Crippen molar-refractivity contribution >= 4 is 23.4 Å². The highest BCUT2D eigenvalue weighted by atomic mass is 19.1. The molecule has 0 radical (unpaired) electrons. The quantitative estimate of drug-likeness (QED) is 0.836. The number of carbonyl (C=O) groups is 2. The lowest BCUT2D eigenvalue weighted by Crippen LogP contribution is -2.27. The fourth-order valence-corrected chi connectivity index (χ4v) is 1.95. The highest BCUT2D eigenvalue weighted by molar-refractivity contribution is 5.96. The van der Waals surface area contributed by atoms with Crippen LogP contribution in [-0.2, 0) is 14.3 Å². The first kappa shape index (κ1) is 18.4. The molecule has 0 unspecified atom stereocenters. The molecular formula is C18H19FN2O4. The first-order valence-corrected chi connectivity index (χ1v) is 7.61. The van der Waals surface area contributed by atoms with E-state index in [0.29, 0.717) is 5.69 Å². The van der Waals surface area contributed by atoms with Crippen LogP contribution in [0.1, 0.15) is 31.1 Å². The molecule has 2 rings (SSSR count). The fraction of sp³-hybridized carbons (Fsp3) is 0.278. The SMILES string of the molecule is CC(C)(C)OC(=O)COC(=O)c1cccnc1Nc1cccc(F)c1. The molecule has 0 atom stereocenters. The van der Waals surface area contributed by atoms with Crippen LogP contribution >= 0.6 is 0 Å². The molecule has 1 heterocycles. The first-order valence-electron chi connectivity index (χ1n) is 7.61. The summed E-state index contributed by atoms with van der Waals surface area (Å²) in [6.07, 6.45) is 1.48. The van der Waals surface area contributed by atoms with Crippen LogP contribution in [0.5, 0.6) is 0 Å². The second kappa shape index (κ2) is 7.74. The van der Waals surface area contributed by atoms with E-state index in [1.807, 2.05) is 0 Å². The average molecular weight is 346 g/mol. The zero-order chi connectivity index (χ0) is 18.4. The molecule has 0 aliphatic heterocycles. The molecule has 2 aromatic rings. The zero-order valence-electron chi connectivity index (χ0n) is 14.2.